The Hall–Kier alpha value is -2.40. The SMILES string of the molecule is COc1ccc2nc(-c3cc[n+](CCCO)cc3)oc2c1. The van der Waals surface area contributed by atoms with Gasteiger partial charge in [-0.2, -0.15) is 0 Å². The first kappa shape index (κ1) is 13.6. The molecule has 2 heterocycles. The standard InChI is InChI=1S/C16H17N2O3/c1-20-13-3-4-14-15(11-13)21-16(17-14)12-5-8-18(9-6-12)7-2-10-19/h3-6,8-9,11,19H,2,7,10H2,1H3/q+1. The average Bonchev–Trinajstić information content (AvgIpc) is 2.96. The molecule has 0 unspecified atom stereocenters. The van der Waals surface area contributed by atoms with Crippen LogP contribution in [0.2, 0.25) is 0 Å². The third kappa shape index (κ3) is 2.87. The highest BCUT2D eigenvalue weighted by atomic mass is 16.5. The van der Waals surface area contributed by atoms with Crippen LogP contribution in [0.5, 0.6) is 5.75 Å². The van der Waals surface area contributed by atoms with Crippen LogP contribution in [0.3, 0.4) is 0 Å². The van der Waals surface area contributed by atoms with E-state index < -0.39 is 0 Å². The summed E-state index contributed by atoms with van der Waals surface area (Å²) in [5.74, 6) is 1.34. The van der Waals surface area contributed by atoms with Crippen LogP contribution in [-0.2, 0) is 6.54 Å². The molecule has 5 nitrogen and oxygen atoms in total. The molecule has 0 atom stereocenters. The van der Waals surface area contributed by atoms with Crippen molar-refractivity contribution in [3.8, 4) is 17.2 Å². The number of methoxy groups -OCH3 is 1. The third-order valence-corrected chi connectivity index (χ3v) is 3.31. The van der Waals surface area contributed by atoms with Gasteiger partial charge in [-0.1, -0.05) is 0 Å². The number of pyridine rings is 1. The minimum atomic E-state index is 0.196. The second-order valence-corrected chi connectivity index (χ2v) is 4.75. The van der Waals surface area contributed by atoms with Gasteiger partial charge < -0.3 is 14.3 Å². The Morgan fingerprint density at radius 2 is 2.05 bits per heavy atom. The van der Waals surface area contributed by atoms with E-state index in [9.17, 15) is 0 Å². The minimum Gasteiger partial charge on any atom is -0.497 e. The van der Waals surface area contributed by atoms with E-state index in [1.807, 2.05) is 47.3 Å². The summed E-state index contributed by atoms with van der Waals surface area (Å²) in [6.45, 7) is 0.989. The summed E-state index contributed by atoms with van der Waals surface area (Å²) in [4.78, 5) is 4.48. The van der Waals surface area contributed by atoms with Crippen LogP contribution in [0.25, 0.3) is 22.6 Å². The Balaban J connectivity index is 1.89. The van der Waals surface area contributed by atoms with Crippen LogP contribution in [0.15, 0.2) is 47.1 Å². The maximum atomic E-state index is 8.83. The van der Waals surface area contributed by atoms with E-state index in [0.29, 0.717) is 11.5 Å². The number of ether oxygens (including phenoxy) is 1. The van der Waals surface area contributed by atoms with Crippen LogP contribution >= 0.6 is 0 Å². The molecule has 1 aromatic carbocycles. The molecular formula is C16H17N2O3+. The summed E-state index contributed by atoms with van der Waals surface area (Å²) in [6.07, 6.45) is 4.66. The molecule has 3 aromatic rings. The van der Waals surface area contributed by atoms with Gasteiger partial charge in [0.1, 0.15) is 11.3 Å². The number of aliphatic hydroxyl groups excluding tert-OH is 1. The van der Waals surface area contributed by atoms with Gasteiger partial charge in [0, 0.05) is 36.8 Å². The number of benzene rings is 1. The van der Waals surface area contributed by atoms with Gasteiger partial charge in [0.25, 0.3) is 0 Å². The molecular weight excluding hydrogens is 268 g/mol. The Labute approximate surface area is 122 Å². The van der Waals surface area contributed by atoms with Crippen molar-refractivity contribution in [3.05, 3.63) is 42.7 Å². The molecule has 3 rings (SSSR count). The molecule has 0 amide bonds. The van der Waals surface area contributed by atoms with Gasteiger partial charge in [0.2, 0.25) is 5.89 Å². The van der Waals surface area contributed by atoms with Crippen molar-refractivity contribution >= 4 is 11.1 Å². The number of hydrogen-bond acceptors (Lipinski definition) is 4. The smallest absolute Gasteiger partial charge is 0.227 e. The van der Waals surface area contributed by atoms with Gasteiger partial charge in [-0.3, -0.25) is 0 Å². The lowest BCUT2D eigenvalue weighted by Gasteiger charge is -1.96. The lowest BCUT2D eigenvalue weighted by atomic mass is 10.2. The zero-order valence-corrected chi connectivity index (χ0v) is 11.8. The van der Waals surface area contributed by atoms with Gasteiger partial charge in [-0.15, -0.1) is 0 Å². The molecule has 0 radical (unpaired) electrons. The van der Waals surface area contributed by atoms with Crippen molar-refractivity contribution in [2.45, 2.75) is 13.0 Å². The van der Waals surface area contributed by atoms with E-state index >= 15 is 0 Å². The monoisotopic (exact) mass is 285 g/mol. The number of oxazole rings is 1. The molecule has 108 valence electrons. The molecule has 0 saturated heterocycles. The fourth-order valence-corrected chi connectivity index (χ4v) is 2.16. The Morgan fingerprint density at radius 3 is 2.76 bits per heavy atom. The average molecular weight is 285 g/mol. The Kier molecular flexibility index (Phi) is 3.83. The van der Waals surface area contributed by atoms with E-state index in [2.05, 4.69) is 4.98 Å². The van der Waals surface area contributed by atoms with Crippen molar-refractivity contribution in [2.75, 3.05) is 13.7 Å². The van der Waals surface area contributed by atoms with Crippen LogP contribution < -0.4 is 9.30 Å². The predicted molar refractivity (Wildman–Crippen MR) is 77.9 cm³/mol. The van der Waals surface area contributed by atoms with Gasteiger partial charge >= 0.3 is 0 Å². The van der Waals surface area contributed by atoms with Gasteiger partial charge in [-0.05, 0) is 12.1 Å². The van der Waals surface area contributed by atoms with E-state index in [-0.39, 0.29) is 6.61 Å². The highest BCUT2D eigenvalue weighted by Crippen LogP contribution is 2.26. The van der Waals surface area contributed by atoms with Crippen LogP contribution in [-0.4, -0.2) is 23.8 Å². The second-order valence-electron chi connectivity index (χ2n) is 4.75. The molecule has 0 spiro atoms. The molecule has 0 saturated carbocycles. The topological polar surface area (TPSA) is 59.4 Å². The van der Waals surface area contributed by atoms with Crippen molar-refractivity contribution in [1.29, 1.82) is 0 Å². The summed E-state index contributed by atoms with van der Waals surface area (Å²) in [7, 11) is 1.63. The summed E-state index contributed by atoms with van der Waals surface area (Å²) < 4.78 is 13.0. The van der Waals surface area contributed by atoms with E-state index in [1.165, 1.54) is 0 Å². The zero-order valence-electron chi connectivity index (χ0n) is 11.8. The number of aromatic nitrogens is 2. The fourth-order valence-electron chi connectivity index (χ4n) is 2.16. The molecule has 0 fully saturated rings. The second kappa shape index (κ2) is 5.93. The van der Waals surface area contributed by atoms with Gasteiger partial charge in [0.15, 0.2) is 24.5 Å². The molecule has 0 bridgehead atoms. The van der Waals surface area contributed by atoms with E-state index in [0.717, 1.165) is 29.8 Å². The van der Waals surface area contributed by atoms with Gasteiger partial charge in [0.05, 0.1) is 7.11 Å². The molecule has 21 heavy (non-hydrogen) atoms. The van der Waals surface area contributed by atoms with Crippen molar-refractivity contribution in [1.82, 2.24) is 4.98 Å². The van der Waals surface area contributed by atoms with Crippen molar-refractivity contribution in [3.63, 3.8) is 0 Å². The molecule has 5 heteroatoms. The first-order chi connectivity index (χ1) is 10.3. The van der Waals surface area contributed by atoms with Crippen LogP contribution in [0.4, 0.5) is 0 Å². The number of nitrogens with zero attached hydrogens (tertiary/aromatic N) is 2. The van der Waals surface area contributed by atoms with Gasteiger partial charge in [-0.25, -0.2) is 9.55 Å². The summed E-state index contributed by atoms with van der Waals surface area (Å²) in [5.41, 5.74) is 2.44. The number of aliphatic hydroxyl groups is 1. The lowest BCUT2D eigenvalue weighted by molar-refractivity contribution is -0.697. The third-order valence-electron chi connectivity index (χ3n) is 3.31. The maximum Gasteiger partial charge on any atom is 0.227 e. The first-order valence-electron chi connectivity index (χ1n) is 6.85. The minimum absolute atomic E-state index is 0.196. The van der Waals surface area contributed by atoms with Crippen molar-refractivity contribution in [2.24, 2.45) is 0 Å². The van der Waals surface area contributed by atoms with E-state index in [1.54, 1.807) is 7.11 Å². The highest BCUT2D eigenvalue weighted by Gasteiger charge is 2.10. The summed E-state index contributed by atoms with van der Waals surface area (Å²) in [5, 5.41) is 8.83. The maximum absolute atomic E-state index is 8.83. The summed E-state index contributed by atoms with van der Waals surface area (Å²) in [6, 6.07) is 9.49. The number of rotatable bonds is 5. The zero-order chi connectivity index (χ0) is 14.7. The Morgan fingerprint density at radius 1 is 1.24 bits per heavy atom. The van der Waals surface area contributed by atoms with Crippen LogP contribution in [0.1, 0.15) is 6.42 Å². The quantitative estimate of drug-likeness (QED) is 0.730. The molecule has 1 N–H and O–H groups in total. The predicted octanol–water partition coefficient (Wildman–Crippen LogP) is 2.17. The first-order valence-corrected chi connectivity index (χ1v) is 6.85. The molecule has 0 aliphatic heterocycles. The molecule has 0 aliphatic rings. The highest BCUT2D eigenvalue weighted by molar-refractivity contribution is 5.77. The molecule has 0 aliphatic carbocycles. The number of aryl methyl sites for hydroxylation is 1. The van der Waals surface area contributed by atoms with E-state index in [4.69, 9.17) is 14.3 Å². The largest absolute Gasteiger partial charge is 0.497 e. The lowest BCUT2D eigenvalue weighted by Crippen LogP contribution is -2.32. The fraction of sp³-hybridized carbons (Fsp3) is 0.250. The molecule has 2 aromatic heterocycles. The number of fused-ring (bicyclic) bond motifs is 1. The van der Waals surface area contributed by atoms with Crippen molar-refractivity contribution < 1.29 is 18.8 Å². The normalized spacial score (nSPS) is 11.0. The Bertz CT molecular complexity index is 735. The summed E-state index contributed by atoms with van der Waals surface area (Å²) >= 11 is 0. The number of hydrogen-bond donors (Lipinski definition) is 1. The van der Waals surface area contributed by atoms with Crippen LogP contribution in [0, 0.1) is 0 Å².